The van der Waals surface area contributed by atoms with Gasteiger partial charge in [0.25, 0.3) is 0 Å². The molecule has 0 fully saturated rings. The molecule has 1 N–H and O–H groups in total. The van der Waals surface area contributed by atoms with Gasteiger partial charge in [0.15, 0.2) is 0 Å². The first-order valence-corrected chi connectivity index (χ1v) is 7.32. The van der Waals surface area contributed by atoms with E-state index in [0.717, 1.165) is 19.3 Å². The summed E-state index contributed by atoms with van der Waals surface area (Å²) in [6, 6.07) is 0. The number of unbranched alkanes of at least 4 members (excludes halogenated alkanes) is 7. The predicted octanol–water partition coefficient (Wildman–Crippen LogP) is 5.34. The molecule has 1 atom stereocenters. The molecule has 102 valence electrons. The van der Waals surface area contributed by atoms with Crippen LogP contribution in [0.25, 0.3) is 0 Å². The van der Waals surface area contributed by atoms with E-state index in [2.05, 4.69) is 24.8 Å². The molecule has 0 aliphatic heterocycles. The van der Waals surface area contributed by atoms with E-state index in [1.807, 2.05) is 6.08 Å². The van der Waals surface area contributed by atoms with Crippen LogP contribution in [0.2, 0.25) is 0 Å². The zero-order valence-electron chi connectivity index (χ0n) is 11.7. The van der Waals surface area contributed by atoms with E-state index in [9.17, 15) is 0 Å². The third kappa shape index (κ3) is 11.9. The maximum absolute atomic E-state index is 8.77. The Morgan fingerprint density at radius 3 is 2.24 bits per heavy atom. The molecule has 0 aliphatic rings. The molecule has 2 heteroatoms. The molecule has 0 rings (SSSR count). The normalized spacial score (nSPS) is 13.4. The van der Waals surface area contributed by atoms with E-state index < -0.39 is 0 Å². The number of hydrogen-bond donors (Lipinski definition) is 1. The summed E-state index contributed by atoms with van der Waals surface area (Å²) in [7, 11) is 0. The van der Waals surface area contributed by atoms with E-state index in [0.29, 0.717) is 0 Å². The minimum Gasteiger partial charge on any atom is -0.251 e. The second kappa shape index (κ2) is 13.7. The molecule has 17 heavy (non-hydrogen) atoms. The zero-order chi connectivity index (χ0) is 12.8. The van der Waals surface area contributed by atoms with Gasteiger partial charge in [-0.15, -0.1) is 0 Å². The van der Waals surface area contributed by atoms with Crippen LogP contribution in [0.1, 0.15) is 78.1 Å². The molecule has 0 bridgehead atoms. The van der Waals surface area contributed by atoms with Crippen molar-refractivity contribution in [2.45, 2.75) is 84.2 Å². The van der Waals surface area contributed by atoms with Crippen molar-refractivity contribution in [3.05, 3.63) is 12.2 Å². The quantitative estimate of drug-likeness (QED) is 0.216. The van der Waals surface area contributed by atoms with Gasteiger partial charge in [0.1, 0.15) is 6.10 Å². The third-order valence-corrected chi connectivity index (χ3v) is 3.05. The fourth-order valence-electron chi connectivity index (χ4n) is 1.88. The van der Waals surface area contributed by atoms with E-state index >= 15 is 0 Å². The van der Waals surface area contributed by atoms with Crippen molar-refractivity contribution in [3.8, 4) is 0 Å². The van der Waals surface area contributed by atoms with Crippen LogP contribution in [0.5, 0.6) is 0 Å². The predicted molar refractivity (Wildman–Crippen MR) is 74.2 cm³/mol. The fraction of sp³-hybridized carbons (Fsp3) is 0.867. The van der Waals surface area contributed by atoms with Gasteiger partial charge in [-0.3, -0.25) is 5.26 Å². The van der Waals surface area contributed by atoms with Crippen molar-refractivity contribution in [1.82, 2.24) is 0 Å². The van der Waals surface area contributed by atoms with Gasteiger partial charge in [0.2, 0.25) is 0 Å². The van der Waals surface area contributed by atoms with Crippen LogP contribution in [0.4, 0.5) is 0 Å². The average Bonchev–Trinajstić information content (AvgIpc) is 2.36. The molecule has 0 aliphatic carbocycles. The lowest BCUT2D eigenvalue weighted by Crippen LogP contribution is -2.06. The zero-order valence-corrected chi connectivity index (χ0v) is 11.7. The van der Waals surface area contributed by atoms with Crippen LogP contribution in [0, 0.1) is 0 Å². The molecule has 0 saturated carbocycles. The highest BCUT2D eigenvalue weighted by Gasteiger charge is 2.03. The average molecular weight is 242 g/mol. The Hall–Kier alpha value is -0.340. The van der Waals surface area contributed by atoms with Crippen LogP contribution in [-0.2, 0) is 4.89 Å². The van der Waals surface area contributed by atoms with Gasteiger partial charge in [-0.1, -0.05) is 77.4 Å². The van der Waals surface area contributed by atoms with Crippen molar-refractivity contribution < 1.29 is 10.1 Å². The Morgan fingerprint density at radius 2 is 1.59 bits per heavy atom. The van der Waals surface area contributed by atoms with Crippen LogP contribution < -0.4 is 0 Å². The molecule has 0 saturated heterocycles. The monoisotopic (exact) mass is 242 g/mol. The highest BCUT2D eigenvalue weighted by atomic mass is 17.1. The third-order valence-electron chi connectivity index (χ3n) is 3.05. The van der Waals surface area contributed by atoms with Gasteiger partial charge >= 0.3 is 0 Å². The summed E-state index contributed by atoms with van der Waals surface area (Å²) in [5.74, 6) is 0. The Labute approximate surface area is 107 Å². The molecule has 0 radical (unpaired) electrons. The van der Waals surface area contributed by atoms with Gasteiger partial charge in [-0.2, -0.15) is 0 Å². The Bertz CT molecular complexity index is 166. The summed E-state index contributed by atoms with van der Waals surface area (Å²) >= 11 is 0. The van der Waals surface area contributed by atoms with Gasteiger partial charge < -0.3 is 0 Å². The molecular formula is C15H30O2. The summed E-state index contributed by atoms with van der Waals surface area (Å²) in [4.78, 5) is 4.47. The molecule has 0 amide bonds. The van der Waals surface area contributed by atoms with Crippen molar-refractivity contribution in [2.75, 3.05) is 0 Å². The number of hydrogen-bond acceptors (Lipinski definition) is 2. The van der Waals surface area contributed by atoms with Crippen molar-refractivity contribution in [3.63, 3.8) is 0 Å². The molecule has 1 unspecified atom stereocenters. The summed E-state index contributed by atoms with van der Waals surface area (Å²) in [6.45, 7) is 4.42. The fourth-order valence-corrected chi connectivity index (χ4v) is 1.88. The number of rotatable bonds is 12. The van der Waals surface area contributed by atoms with Gasteiger partial charge in [0, 0.05) is 0 Å². The van der Waals surface area contributed by atoms with Crippen molar-refractivity contribution in [1.29, 1.82) is 0 Å². The summed E-state index contributed by atoms with van der Waals surface area (Å²) in [6.07, 6.45) is 16.2. The van der Waals surface area contributed by atoms with E-state index in [-0.39, 0.29) is 6.10 Å². The first kappa shape index (κ1) is 16.7. The Kier molecular flexibility index (Phi) is 13.4. The minimum absolute atomic E-state index is 0.0990. The van der Waals surface area contributed by atoms with Gasteiger partial charge in [-0.25, -0.2) is 4.89 Å². The standard InChI is InChI=1S/C15H30O2/c1-3-5-7-9-10-12-14-15(17-16)13-11-8-6-4-2/h11,13,15-16H,3-10,12,14H2,1-2H3/b13-11+. The smallest absolute Gasteiger partial charge is 0.111 e. The molecule has 0 aromatic heterocycles. The summed E-state index contributed by atoms with van der Waals surface area (Å²) < 4.78 is 0. The first-order valence-electron chi connectivity index (χ1n) is 7.32. The van der Waals surface area contributed by atoms with Crippen molar-refractivity contribution >= 4 is 0 Å². The summed E-state index contributed by atoms with van der Waals surface area (Å²) in [5, 5.41) is 8.77. The second-order valence-electron chi connectivity index (χ2n) is 4.77. The molecular weight excluding hydrogens is 212 g/mol. The lowest BCUT2D eigenvalue weighted by atomic mass is 10.1. The SMILES string of the molecule is CCCC/C=C/C(CCCCCCCC)OO. The maximum Gasteiger partial charge on any atom is 0.111 e. The first-order chi connectivity index (χ1) is 8.35. The highest BCUT2D eigenvalue weighted by molar-refractivity contribution is 4.88. The Balaban J connectivity index is 3.43. The number of allylic oxidation sites excluding steroid dienone is 1. The lowest BCUT2D eigenvalue weighted by Gasteiger charge is -2.08. The molecule has 0 heterocycles. The van der Waals surface area contributed by atoms with Crippen LogP contribution in [0.15, 0.2) is 12.2 Å². The Morgan fingerprint density at radius 1 is 0.941 bits per heavy atom. The van der Waals surface area contributed by atoms with E-state index in [1.54, 1.807) is 0 Å². The lowest BCUT2D eigenvalue weighted by molar-refractivity contribution is -0.267. The topological polar surface area (TPSA) is 29.5 Å². The molecule has 0 aromatic rings. The minimum atomic E-state index is -0.0990. The molecule has 0 spiro atoms. The van der Waals surface area contributed by atoms with Gasteiger partial charge in [-0.05, 0) is 12.8 Å². The van der Waals surface area contributed by atoms with Crippen LogP contribution in [-0.4, -0.2) is 11.4 Å². The van der Waals surface area contributed by atoms with Crippen LogP contribution in [0.3, 0.4) is 0 Å². The van der Waals surface area contributed by atoms with Crippen LogP contribution >= 0.6 is 0 Å². The van der Waals surface area contributed by atoms with E-state index in [4.69, 9.17) is 5.26 Å². The largest absolute Gasteiger partial charge is 0.251 e. The molecule has 2 nitrogen and oxygen atoms in total. The maximum atomic E-state index is 8.77. The van der Waals surface area contributed by atoms with E-state index in [1.165, 1.54) is 44.9 Å². The second-order valence-corrected chi connectivity index (χ2v) is 4.77. The van der Waals surface area contributed by atoms with Gasteiger partial charge in [0.05, 0.1) is 0 Å². The summed E-state index contributed by atoms with van der Waals surface area (Å²) in [5.41, 5.74) is 0. The molecule has 0 aromatic carbocycles. The highest BCUT2D eigenvalue weighted by Crippen LogP contribution is 2.11. The van der Waals surface area contributed by atoms with Crippen molar-refractivity contribution in [2.24, 2.45) is 0 Å².